The van der Waals surface area contributed by atoms with Gasteiger partial charge in [-0.25, -0.2) is 0 Å². The Morgan fingerprint density at radius 2 is 1.10 bits per heavy atom. The van der Waals surface area contributed by atoms with Crippen molar-refractivity contribution in [2.24, 2.45) is 0 Å². The summed E-state index contributed by atoms with van der Waals surface area (Å²) in [6.45, 7) is 21.9. The van der Waals surface area contributed by atoms with E-state index in [1.165, 1.54) is 11.1 Å². The monoisotopic (exact) mass is 746 g/mol. The highest BCUT2D eigenvalue weighted by molar-refractivity contribution is 6.84. The lowest BCUT2D eigenvalue weighted by Crippen LogP contribution is -2.65. The van der Waals surface area contributed by atoms with Crippen molar-refractivity contribution in [2.45, 2.75) is 116 Å². The van der Waals surface area contributed by atoms with E-state index in [0.717, 1.165) is 23.1 Å². The predicted octanol–water partition coefficient (Wildman–Crippen LogP) is 10.4. The van der Waals surface area contributed by atoms with Crippen LogP contribution in [-0.4, -0.2) is 62.4 Å². The third-order valence-corrected chi connectivity index (χ3v) is 20.7. The van der Waals surface area contributed by atoms with E-state index in [2.05, 4.69) is 128 Å². The molecule has 2 heterocycles. The maximum absolute atomic E-state index is 7.34. The van der Waals surface area contributed by atoms with Crippen LogP contribution < -0.4 is 0 Å². The fourth-order valence-corrected chi connectivity index (χ4v) is 18.6. The van der Waals surface area contributed by atoms with Crippen LogP contribution in [0.15, 0.2) is 78.9 Å². The van der Waals surface area contributed by atoms with Gasteiger partial charge in [-0.05, 0) is 50.0 Å². The first-order chi connectivity index (χ1) is 25.0. The number of ether oxygens (including phenoxy) is 4. The van der Waals surface area contributed by atoms with Gasteiger partial charge in [-0.3, -0.25) is 0 Å². The number of hydrogen-bond acceptors (Lipinski definition) is 7. The highest BCUT2D eigenvalue weighted by Crippen LogP contribution is 2.48. The van der Waals surface area contributed by atoms with Gasteiger partial charge >= 0.3 is 17.1 Å². The molecule has 0 aromatic heterocycles. The lowest BCUT2D eigenvalue weighted by Gasteiger charge is -2.51. The van der Waals surface area contributed by atoms with Gasteiger partial charge in [-0.15, -0.1) is 0 Å². The molecule has 0 bridgehead atoms. The lowest BCUT2D eigenvalue weighted by molar-refractivity contribution is -0.0385. The molecule has 2 fully saturated rings. The van der Waals surface area contributed by atoms with Crippen LogP contribution in [-0.2, 0) is 45.1 Å². The second kappa shape index (κ2) is 19.2. The van der Waals surface area contributed by atoms with E-state index in [1.54, 1.807) is 0 Å². The molecule has 284 valence electrons. The molecule has 2 aliphatic rings. The molecular formula is C43H62O7Si2. The Kier molecular flexibility index (Phi) is 15.1. The third kappa shape index (κ3) is 10.4. The van der Waals surface area contributed by atoms with E-state index >= 15 is 0 Å². The highest BCUT2D eigenvalue weighted by atomic mass is 28.5. The Labute approximate surface area is 315 Å². The fraction of sp³-hybridized carbons (Fsp3) is 0.535. The minimum absolute atomic E-state index is 0.0380. The molecule has 3 aromatic rings. The van der Waals surface area contributed by atoms with Gasteiger partial charge in [-0.1, -0.05) is 146 Å². The second-order valence-corrected chi connectivity index (χ2v) is 24.3. The Morgan fingerprint density at radius 3 is 1.63 bits per heavy atom. The summed E-state index contributed by atoms with van der Waals surface area (Å²) in [4.78, 5) is 0. The lowest BCUT2D eigenvalue weighted by atomic mass is 10.0. The maximum atomic E-state index is 7.34. The molecule has 9 heteroatoms. The van der Waals surface area contributed by atoms with E-state index in [9.17, 15) is 0 Å². The zero-order valence-electron chi connectivity index (χ0n) is 32.7. The molecule has 7 nitrogen and oxygen atoms in total. The van der Waals surface area contributed by atoms with Crippen molar-refractivity contribution in [1.82, 2.24) is 0 Å². The number of fused-ring (bicyclic) bond motifs is 1. The molecule has 2 saturated heterocycles. The number of rotatable bonds is 17. The van der Waals surface area contributed by atoms with Crippen molar-refractivity contribution in [2.75, 3.05) is 33.0 Å². The van der Waals surface area contributed by atoms with Crippen LogP contribution in [0.3, 0.4) is 0 Å². The Morgan fingerprint density at radius 1 is 0.596 bits per heavy atom. The van der Waals surface area contributed by atoms with Crippen molar-refractivity contribution in [1.29, 1.82) is 0 Å². The number of benzene rings is 3. The van der Waals surface area contributed by atoms with Crippen LogP contribution in [0.5, 0.6) is 0 Å². The summed E-state index contributed by atoms with van der Waals surface area (Å²) in [6.07, 6.45) is 4.87. The molecule has 0 saturated carbocycles. The van der Waals surface area contributed by atoms with E-state index in [-0.39, 0.29) is 18.3 Å². The van der Waals surface area contributed by atoms with Gasteiger partial charge in [0.25, 0.3) is 0 Å². The second-order valence-electron chi connectivity index (χ2n) is 15.5. The summed E-state index contributed by atoms with van der Waals surface area (Å²) in [5.41, 5.74) is 7.04. The predicted molar refractivity (Wildman–Crippen MR) is 214 cm³/mol. The molecule has 0 amide bonds. The van der Waals surface area contributed by atoms with Gasteiger partial charge in [0.15, 0.2) is 0 Å². The quantitative estimate of drug-likeness (QED) is 0.0774. The van der Waals surface area contributed by atoms with E-state index in [0.29, 0.717) is 68.4 Å². The van der Waals surface area contributed by atoms with Gasteiger partial charge in [0.1, 0.15) is 6.10 Å². The number of hydrogen-bond donors (Lipinski definition) is 0. The van der Waals surface area contributed by atoms with Crippen LogP contribution in [0.25, 0.3) is 12.2 Å². The molecule has 0 spiro atoms. The van der Waals surface area contributed by atoms with Crippen LogP contribution in [0.4, 0.5) is 0 Å². The topological polar surface area (TPSA) is 64.6 Å². The Hall–Kier alpha value is -2.45. The molecule has 5 rings (SSSR count). The van der Waals surface area contributed by atoms with Crippen LogP contribution in [0.1, 0.15) is 95.7 Å². The normalized spacial score (nSPS) is 21.7. The molecule has 0 unspecified atom stereocenters. The smallest absolute Gasteiger partial charge is 0.335 e. The molecule has 3 atom stereocenters. The van der Waals surface area contributed by atoms with E-state index in [1.807, 2.05) is 18.2 Å². The SMILES string of the molecule is CC(C)[Si]1(C(C)C)OC[C@H]2O[C@@H](c3ccc(COCCOCCOCc4ccc(/C=C/c5ccccc5)cc4)cc3)C[C@@H]2O[Si](C(C)C)(C(C)C)O1. The summed E-state index contributed by atoms with van der Waals surface area (Å²) < 4.78 is 45.6. The summed E-state index contributed by atoms with van der Waals surface area (Å²) in [7, 11) is -5.22. The first-order valence-electron chi connectivity index (χ1n) is 19.3. The van der Waals surface area contributed by atoms with Crippen LogP contribution in [0, 0.1) is 0 Å². The van der Waals surface area contributed by atoms with Crippen molar-refractivity contribution in [3.63, 3.8) is 0 Å². The molecule has 2 aliphatic heterocycles. The van der Waals surface area contributed by atoms with Crippen LogP contribution in [0.2, 0.25) is 22.2 Å². The summed E-state index contributed by atoms with van der Waals surface area (Å²) in [5.74, 6) is 0. The molecule has 0 aliphatic carbocycles. The highest BCUT2D eigenvalue weighted by Gasteiger charge is 2.60. The summed E-state index contributed by atoms with van der Waals surface area (Å²) in [6, 6.07) is 27.4. The summed E-state index contributed by atoms with van der Waals surface area (Å²) in [5, 5.41) is 0. The van der Waals surface area contributed by atoms with Gasteiger partial charge in [0.05, 0.1) is 58.5 Å². The van der Waals surface area contributed by atoms with Crippen molar-refractivity contribution in [3.05, 3.63) is 107 Å². The zero-order valence-corrected chi connectivity index (χ0v) is 34.7. The average molecular weight is 747 g/mol. The molecular weight excluding hydrogens is 685 g/mol. The largest absolute Gasteiger partial charge is 0.414 e. The Bertz CT molecular complexity index is 1490. The van der Waals surface area contributed by atoms with Crippen molar-refractivity contribution in [3.8, 4) is 0 Å². The third-order valence-electron chi connectivity index (χ3n) is 10.4. The first kappa shape index (κ1) is 40.7. The fourth-order valence-electron chi connectivity index (χ4n) is 7.39. The van der Waals surface area contributed by atoms with E-state index < -0.39 is 17.1 Å². The zero-order chi connectivity index (χ0) is 37.1. The molecule has 3 aromatic carbocycles. The Balaban J connectivity index is 1.01. The first-order valence-corrected chi connectivity index (χ1v) is 23.3. The molecule has 0 radical (unpaired) electrons. The minimum atomic E-state index is -2.64. The average Bonchev–Trinajstić information content (AvgIpc) is 3.52. The van der Waals surface area contributed by atoms with Crippen molar-refractivity contribution < 1.29 is 31.9 Å². The van der Waals surface area contributed by atoms with Gasteiger partial charge in [0.2, 0.25) is 0 Å². The summed E-state index contributed by atoms with van der Waals surface area (Å²) >= 11 is 0. The standard InChI is InChI=1S/C43H62O7Si2/c1-32(2)51(33(3)4)47-31-43-42(49-52(50-51,34(5)6)35(7)8)28-41(48-43)40-22-20-39(21-23-40)30-46-27-25-44-24-26-45-29-38-18-16-37(17-19-38)15-14-36-12-10-9-11-13-36/h9-23,32-35,41-43H,24-31H2,1-8H3/b15-14+/t41-,42+,43-/m1/s1. The molecule has 0 N–H and O–H groups in total. The molecule has 52 heavy (non-hydrogen) atoms. The van der Waals surface area contributed by atoms with Crippen LogP contribution >= 0.6 is 0 Å². The minimum Gasteiger partial charge on any atom is -0.414 e. The van der Waals surface area contributed by atoms with Gasteiger partial charge in [0, 0.05) is 6.42 Å². The van der Waals surface area contributed by atoms with Gasteiger partial charge in [-0.2, -0.15) is 0 Å². The van der Waals surface area contributed by atoms with E-state index in [4.69, 9.17) is 31.9 Å². The van der Waals surface area contributed by atoms with Crippen molar-refractivity contribution >= 4 is 29.3 Å². The van der Waals surface area contributed by atoms with Gasteiger partial charge < -0.3 is 31.9 Å². The maximum Gasteiger partial charge on any atom is 0.335 e.